The third kappa shape index (κ3) is 3.54. The van der Waals surface area contributed by atoms with Crippen molar-refractivity contribution in [2.45, 2.75) is 12.8 Å². The Morgan fingerprint density at radius 1 is 1.11 bits per heavy atom. The van der Waals surface area contributed by atoms with Crippen molar-refractivity contribution in [3.63, 3.8) is 0 Å². The Labute approximate surface area is 113 Å². The van der Waals surface area contributed by atoms with E-state index >= 15 is 0 Å². The standard InChI is InChI=1S/C13H21N3O3/c1-15-6-8-16(9-7-15)14-12(17)10-4-2-3-5-11(10)13(18)19/h2-3,10-11H,4-9H2,1H3,(H,14,17)(H,18,19). The minimum absolute atomic E-state index is 0.165. The Morgan fingerprint density at radius 3 is 2.26 bits per heavy atom. The maximum absolute atomic E-state index is 12.2. The highest BCUT2D eigenvalue weighted by atomic mass is 16.4. The van der Waals surface area contributed by atoms with E-state index < -0.39 is 17.8 Å². The Morgan fingerprint density at radius 2 is 1.68 bits per heavy atom. The number of nitrogens with one attached hydrogen (secondary N) is 1. The normalized spacial score (nSPS) is 29.1. The van der Waals surface area contributed by atoms with Crippen molar-refractivity contribution in [2.24, 2.45) is 11.8 Å². The minimum atomic E-state index is -0.886. The van der Waals surface area contributed by atoms with Crippen LogP contribution in [0, 0.1) is 11.8 Å². The summed E-state index contributed by atoms with van der Waals surface area (Å²) in [4.78, 5) is 25.6. The number of carbonyl (C=O) groups excluding carboxylic acids is 1. The van der Waals surface area contributed by atoms with E-state index in [1.807, 2.05) is 24.2 Å². The molecule has 0 aromatic rings. The molecule has 0 aromatic carbocycles. The van der Waals surface area contributed by atoms with Crippen molar-refractivity contribution in [3.05, 3.63) is 12.2 Å². The summed E-state index contributed by atoms with van der Waals surface area (Å²) >= 11 is 0. The monoisotopic (exact) mass is 267 g/mol. The quantitative estimate of drug-likeness (QED) is 0.700. The zero-order chi connectivity index (χ0) is 13.8. The van der Waals surface area contributed by atoms with Gasteiger partial charge in [-0.2, -0.15) is 0 Å². The molecule has 6 nitrogen and oxygen atoms in total. The maximum Gasteiger partial charge on any atom is 0.307 e. The average Bonchev–Trinajstić information content (AvgIpc) is 2.41. The van der Waals surface area contributed by atoms with Crippen molar-refractivity contribution >= 4 is 11.9 Å². The molecule has 6 heteroatoms. The van der Waals surface area contributed by atoms with Crippen LogP contribution in [0.1, 0.15) is 12.8 Å². The van der Waals surface area contributed by atoms with Crippen LogP contribution in [0.15, 0.2) is 12.2 Å². The largest absolute Gasteiger partial charge is 0.481 e. The molecule has 0 spiro atoms. The van der Waals surface area contributed by atoms with E-state index in [1.54, 1.807) is 0 Å². The van der Waals surface area contributed by atoms with Gasteiger partial charge in [-0.3, -0.25) is 15.0 Å². The first-order chi connectivity index (χ1) is 9.08. The van der Waals surface area contributed by atoms with Crippen LogP contribution >= 0.6 is 0 Å². The molecule has 0 aromatic heterocycles. The third-order valence-electron chi connectivity index (χ3n) is 3.86. The molecular formula is C13H21N3O3. The number of carboxylic acid groups (broad SMARTS) is 1. The van der Waals surface area contributed by atoms with E-state index in [1.165, 1.54) is 0 Å². The van der Waals surface area contributed by atoms with Crippen LogP contribution in [0.2, 0.25) is 0 Å². The lowest BCUT2D eigenvalue weighted by Gasteiger charge is -2.34. The molecule has 106 valence electrons. The summed E-state index contributed by atoms with van der Waals surface area (Å²) in [7, 11) is 2.05. The molecule has 1 amide bonds. The molecule has 2 N–H and O–H groups in total. The molecule has 0 bridgehead atoms. The smallest absolute Gasteiger partial charge is 0.307 e. The van der Waals surface area contributed by atoms with Crippen molar-refractivity contribution < 1.29 is 14.7 Å². The molecule has 2 atom stereocenters. The molecule has 2 aliphatic rings. The summed E-state index contributed by atoms with van der Waals surface area (Å²) in [5.74, 6) is -2.11. The van der Waals surface area contributed by atoms with Crippen LogP contribution in [-0.2, 0) is 9.59 Å². The molecule has 2 rings (SSSR count). The maximum atomic E-state index is 12.2. The van der Waals surface area contributed by atoms with Crippen LogP contribution in [-0.4, -0.2) is 60.1 Å². The van der Waals surface area contributed by atoms with Crippen molar-refractivity contribution in [1.29, 1.82) is 0 Å². The van der Waals surface area contributed by atoms with Gasteiger partial charge in [-0.05, 0) is 19.9 Å². The number of allylic oxidation sites excluding steroid dienone is 2. The molecule has 1 heterocycles. The number of nitrogens with zero attached hydrogens (tertiary/aromatic N) is 2. The van der Waals surface area contributed by atoms with Gasteiger partial charge in [0, 0.05) is 26.2 Å². The Bertz CT molecular complexity index is 375. The lowest BCUT2D eigenvalue weighted by Crippen LogP contribution is -2.54. The van der Waals surface area contributed by atoms with Crippen LogP contribution < -0.4 is 5.43 Å². The third-order valence-corrected chi connectivity index (χ3v) is 3.86. The van der Waals surface area contributed by atoms with Gasteiger partial charge in [-0.25, -0.2) is 5.01 Å². The number of likely N-dealkylation sites (N-methyl/N-ethyl adjacent to an activating group) is 1. The molecule has 1 aliphatic heterocycles. The van der Waals surface area contributed by atoms with Crippen molar-refractivity contribution in [1.82, 2.24) is 15.3 Å². The van der Waals surface area contributed by atoms with E-state index in [4.69, 9.17) is 5.11 Å². The number of hydrazine groups is 1. The molecule has 19 heavy (non-hydrogen) atoms. The zero-order valence-electron chi connectivity index (χ0n) is 11.2. The number of hydrogen-bond acceptors (Lipinski definition) is 4. The van der Waals surface area contributed by atoms with Crippen molar-refractivity contribution in [3.8, 4) is 0 Å². The molecule has 1 fully saturated rings. The number of amides is 1. The summed E-state index contributed by atoms with van der Waals surface area (Å²) in [6.45, 7) is 3.38. The first kappa shape index (κ1) is 14.0. The second kappa shape index (κ2) is 6.16. The first-order valence-electron chi connectivity index (χ1n) is 6.69. The lowest BCUT2D eigenvalue weighted by molar-refractivity contribution is -0.148. The van der Waals surface area contributed by atoms with E-state index in [-0.39, 0.29) is 5.91 Å². The molecule has 1 aliphatic carbocycles. The second-order valence-electron chi connectivity index (χ2n) is 5.26. The van der Waals surface area contributed by atoms with E-state index in [0.29, 0.717) is 12.8 Å². The zero-order valence-corrected chi connectivity index (χ0v) is 11.2. The number of carboxylic acids is 1. The molecule has 0 radical (unpaired) electrons. The Hall–Kier alpha value is -1.40. The number of carbonyl (C=O) groups is 2. The topological polar surface area (TPSA) is 72.9 Å². The molecule has 2 unspecified atom stereocenters. The Kier molecular flexibility index (Phi) is 4.55. The first-order valence-corrected chi connectivity index (χ1v) is 6.69. The van der Waals surface area contributed by atoms with Gasteiger partial charge in [-0.1, -0.05) is 12.2 Å². The van der Waals surface area contributed by atoms with Gasteiger partial charge in [0.05, 0.1) is 11.8 Å². The van der Waals surface area contributed by atoms with Gasteiger partial charge < -0.3 is 10.0 Å². The van der Waals surface area contributed by atoms with E-state index in [9.17, 15) is 9.59 Å². The number of aliphatic carboxylic acids is 1. The van der Waals surface area contributed by atoms with E-state index in [0.717, 1.165) is 26.2 Å². The molecular weight excluding hydrogens is 246 g/mol. The minimum Gasteiger partial charge on any atom is -0.481 e. The summed E-state index contributed by atoms with van der Waals surface area (Å²) < 4.78 is 0. The molecule has 0 saturated carbocycles. The lowest BCUT2D eigenvalue weighted by atomic mass is 9.82. The average molecular weight is 267 g/mol. The van der Waals surface area contributed by atoms with Crippen LogP contribution in [0.4, 0.5) is 0 Å². The fourth-order valence-electron chi connectivity index (χ4n) is 2.53. The summed E-state index contributed by atoms with van der Waals surface area (Å²) in [5.41, 5.74) is 2.86. The highest BCUT2D eigenvalue weighted by Gasteiger charge is 2.34. The summed E-state index contributed by atoms with van der Waals surface area (Å²) in [5, 5.41) is 11.1. The number of rotatable bonds is 3. The number of piperazine rings is 1. The van der Waals surface area contributed by atoms with Crippen molar-refractivity contribution in [2.75, 3.05) is 33.2 Å². The van der Waals surface area contributed by atoms with Crippen LogP contribution in [0.25, 0.3) is 0 Å². The van der Waals surface area contributed by atoms with Gasteiger partial charge in [0.2, 0.25) is 5.91 Å². The van der Waals surface area contributed by atoms with Gasteiger partial charge in [0.25, 0.3) is 0 Å². The fraction of sp³-hybridized carbons (Fsp3) is 0.692. The SMILES string of the molecule is CN1CCN(NC(=O)C2CC=CCC2C(=O)O)CC1. The van der Waals surface area contributed by atoms with Crippen LogP contribution in [0.3, 0.4) is 0 Å². The highest BCUT2D eigenvalue weighted by Crippen LogP contribution is 2.26. The fourth-order valence-corrected chi connectivity index (χ4v) is 2.53. The molecule has 1 saturated heterocycles. The Balaban J connectivity index is 1.91. The number of hydrogen-bond donors (Lipinski definition) is 2. The van der Waals surface area contributed by atoms with Crippen LogP contribution in [0.5, 0.6) is 0 Å². The van der Waals surface area contributed by atoms with Gasteiger partial charge >= 0.3 is 5.97 Å². The van der Waals surface area contributed by atoms with E-state index in [2.05, 4.69) is 10.3 Å². The van der Waals surface area contributed by atoms with Gasteiger partial charge in [0.15, 0.2) is 0 Å². The van der Waals surface area contributed by atoms with Gasteiger partial charge in [0.1, 0.15) is 0 Å². The summed E-state index contributed by atoms with van der Waals surface area (Å²) in [6, 6.07) is 0. The highest BCUT2D eigenvalue weighted by molar-refractivity contribution is 5.85. The summed E-state index contributed by atoms with van der Waals surface area (Å²) in [6.07, 6.45) is 4.69. The second-order valence-corrected chi connectivity index (χ2v) is 5.26. The van der Waals surface area contributed by atoms with Gasteiger partial charge in [-0.15, -0.1) is 0 Å². The predicted molar refractivity (Wildman–Crippen MR) is 70.2 cm³/mol. The predicted octanol–water partition coefficient (Wildman–Crippen LogP) is -0.0680.